The maximum atomic E-state index is 12.5. The summed E-state index contributed by atoms with van der Waals surface area (Å²) in [7, 11) is 2.05. The van der Waals surface area contributed by atoms with Crippen molar-refractivity contribution >= 4 is 12.0 Å². The summed E-state index contributed by atoms with van der Waals surface area (Å²) in [6.45, 7) is 6.10. The van der Waals surface area contributed by atoms with Gasteiger partial charge in [-0.05, 0) is 52.6 Å². The van der Waals surface area contributed by atoms with E-state index in [0.29, 0.717) is 6.54 Å². The molecular formula is C14H25N3O3. The van der Waals surface area contributed by atoms with Gasteiger partial charge in [0, 0.05) is 19.1 Å². The fraction of sp³-hybridized carbons (Fsp3) is 0.857. The van der Waals surface area contributed by atoms with Gasteiger partial charge in [0.1, 0.15) is 5.54 Å². The zero-order valence-corrected chi connectivity index (χ0v) is 12.6. The van der Waals surface area contributed by atoms with Crippen LogP contribution < -0.4 is 5.32 Å². The number of urea groups is 1. The number of carbonyl (C=O) groups is 2. The lowest BCUT2D eigenvalue weighted by molar-refractivity contribution is -0.144. The number of nitrogens with one attached hydrogen (secondary N) is 1. The SMILES string of the molecule is CC1CN(C)CCCN1C(=O)NC(C)(C(=O)O)C1CC1. The van der Waals surface area contributed by atoms with Gasteiger partial charge in [-0.1, -0.05) is 0 Å². The smallest absolute Gasteiger partial charge is 0.329 e. The highest BCUT2D eigenvalue weighted by atomic mass is 16.4. The van der Waals surface area contributed by atoms with E-state index in [1.54, 1.807) is 11.8 Å². The Balaban J connectivity index is 2.04. The first-order valence-corrected chi connectivity index (χ1v) is 7.35. The number of hydrogen-bond donors (Lipinski definition) is 2. The van der Waals surface area contributed by atoms with Gasteiger partial charge >= 0.3 is 12.0 Å². The number of amides is 2. The molecule has 1 aliphatic carbocycles. The number of aliphatic carboxylic acids is 1. The third-order valence-electron chi connectivity index (χ3n) is 4.51. The van der Waals surface area contributed by atoms with Crippen molar-refractivity contribution in [2.45, 2.75) is 44.7 Å². The summed E-state index contributed by atoms with van der Waals surface area (Å²) in [5.41, 5.74) is -1.13. The van der Waals surface area contributed by atoms with Crippen LogP contribution in [0.3, 0.4) is 0 Å². The van der Waals surface area contributed by atoms with Crippen LogP contribution in [-0.4, -0.2) is 65.2 Å². The van der Waals surface area contributed by atoms with Crippen molar-refractivity contribution in [1.82, 2.24) is 15.1 Å². The highest BCUT2D eigenvalue weighted by Gasteiger charge is 2.49. The normalized spacial score (nSPS) is 27.6. The molecule has 2 fully saturated rings. The van der Waals surface area contributed by atoms with Crippen LogP contribution in [0.5, 0.6) is 0 Å². The zero-order valence-electron chi connectivity index (χ0n) is 12.6. The Labute approximate surface area is 120 Å². The standard InChI is InChI=1S/C14H25N3O3/c1-10-9-16(3)7-4-8-17(10)13(20)15-14(2,12(18)19)11-5-6-11/h10-11H,4-9H2,1-3H3,(H,15,20)(H,18,19). The quantitative estimate of drug-likeness (QED) is 0.809. The Morgan fingerprint density at radius 2 is 1.95 bits per heavy atom. The summed E-state index contributed by atoms with van der Waals surface area (Å²) in [5.74, 6) is -0.873. The van der Waals surface area contributed by atoms with E-state index in [1.807, 2.05) is 14.0 Å². The first kappa shape index (κ1) is 15.1. The van der Waals surface area contributed by atoms with Crippen molar-refractivity contribution in [3.8, 4) is 0 Å². The molecule has 6 nitrogen and oxygen atoms in total. The first-order valence-electron chi connectivity index (χ1n) is 7.35. The number of hydrogen-bond acceptors (Lipinski definition) is 3. The second-order valence-electron chi connectivity index (χ2n) is 6.37. The predicted molar refractivity (Wildman–Crippen MR) is 75.6 cm³/mol. The van der Waals surface area contributed by atoms with Crippen LogP contribution in [0.15, 0.2) is 0 Å². The van der Waals surface area contributed by atoms with Gasteiger partial charge in [0.15, 0.2) is 0 Å². The maximum absolute atomic E-state index is 12.5. The molecule has 20 heavy (non-hydrogen) atoms. The molecule has 1 saturated heterocycles. The lowest BCUT2D eigenvalue weighted by atomic mass is 9.96. The van der Waals surface area contributed by atoms with Gasteiger partial charge in [-0.15, -0.1) is 0 Å². The minimum Gasteiger partial charge on any atom is -0.480 e. The minimum absolute atomic E-state index is 0.0638. The molecule has 2 N–H and O–H groups in total. The summed E-state index contributed by atoms with van der Waals surface area (Å²) in [4.78, 5) is 27.9. The van der Waals surface area contributed by atoms with E-state index in [-0.39, 0.29) is 18.0 Å². The summed E-state index contributed by atoms with van der Waals surface area (Å²) >= 11 is 0. The monoisotopic (exact) mass is 283 g/mol. The van der Waals surface area contributed by atoms with Gasteiger partial charge in [0.25, 0.3) is 0 Å². The molecule has 0 radical (unpaired) electrons. The maximum Gasteiger partial charge on any atom is 0.329 e. The molecule has 0 spiro atoms. The van der Waals surface area contributed by atoms with E-state index >= 15 is 0 Å². The predicted octanol–water partition coefficient (Wildman–Crippen LogP) is 0.975. The van der Waals surface area contributed by atoms with Gasteiger partial charge < -0.3 is 20.2 Å². The van der Waals surface area contributed by atoms with Gasteiger partial charge in [-0.2, -0.15) is 0 Å². The van der Waals surface area contributed by atoms with Gasteiger partial charge in [-0.25, -0.2) is 9.59 Å². The average Bonchev–Trinajstić information content (AvgIpc) is 3.16. The molecule has 0 aromatic rings. The molecule has 1 saturated carbocycles. The molecule has 2 aliphatic rings. The molecule has 6 heteroatoms. The Hall–Kier alpha value is -1.30. The van der Waals surface area contributed by atoms with Gasteiger partial charge in [0.05, 0.1) is 0 Å². The van der Waals surface area contributed by atoms with Crippen LogP contribution in [0.2, 0.25) is 0 Å². The fourth-order valence-corrected chi connectivity index (χ4v) is 2.96. The van der Waals surface area contributed by atoms with E-state index in [4.69, 9.17) is 0 Å². The topological polar surface area (TPSA) is 72.9 Å². The van der Waals surface area contributed by atoms with Crippen molar-refractivity contribution in [2.24, 2.45) is 5.92 Å². The first-order chi connectivity index (χ1) is 9.34. The number of carboxylic acids is 1. The van der Waals surface area contributed by atoms with Crippen molar-refractivity contribution in [2.75, 3.05) is 26.7 Å². The highest BCUT2D eigenvalue weighted by Crippen LogP contribution is 2.39. The molecule has 114 valence electrons. The van der Waals surface area contributed by atoms with Crippen LogP contribution in [0.4, 0.5) is 4.79 Å². The number of rotatable bonds is 3. The molecule has 2 rings (SSSR count). The molecule has 2 unspecified atom stereocenters. The van der Waals surface area contributed by atoms with Crippen molar-refractivity contribution in [3.05, 3.63) is 0 Å². The number of nitrogens with zero attached hydrogens (tertiary/aromatic N) is 2. The summed E-state index contributed by atoms with van der Waals surface area (Å²) in [6, 6.07) is -0.149. The van der Waals surface area contributed by atoms with E-state index in [9.17, 15) is 14.7 Å². The third kappa shape index (κ3) is 3.06. The van der Waals surface area contributed by atoms with E-state index in [0.717, 1.165) is 32.4 Å². The van der Waals surface area contributed by atoms with E-state index < -0.39 is 11.5 Å². The number of carbonyl (C=O) groups excluding carboxylic acids is 1. The minimum atomic E-state index is -1.13. The summed E-state index contributed by atoms with van der Waals surface area (Å²) < 4.78 is 0. The van der Waals surface area contributed by atoms with Gasteiger partial charge in [-0.3, -0.25) is 0 Å². The van der Waals surface area contributed by atoms with Crippen LogP contribution >= 0.6 is 0 Å². The molecule has 0 aromatic heterocycles. The zero-order chi connectivity index (χ0) is 14.9. The van der Waals surface area contributed by atoms with Crippen LogP contribution in [0, 0.1) is 5.92 Å². The lowest BCUT2D eigenvalue weighted by Gasteiger charge is -2.33. The van der Waals surface area contributed by atoms with Crippen molar-refractivity contribution < 1.29 is 14.7 Å². The van der Waals surface area contributed by atoms with Crippen LogP contribution in [-0.2, 0) is 4.79 Å². The average molecular weight is 283 g/mol. The number of carboxylic acid groups (broad SMARTS) is 1. The highest BCUT2D eigenvalue weighted by molar-refractivity contribution is 5.86. The molecule has 0 aromatic carbocycles. The fourth-order valence-electron chi connectivity index (χ4n) is 2.96. The van der Waals surface area contributed by atoms with E-state index in [2.05, 4.69) is 10.2 Å². The molecule has 1 aliphatic heterocycles. The largest absolute Gasteiger partial charge is 0.480 e. The summed E-state index contributed by atoms with van der Waals surface area (Å²) in [6.07, 6.45) is 2.67. The van der Waals surface area contributed by atoms with Crippen LogP contribution in [0.25, 0.3) is 0 Å². The second kappa shape index (κ2) is 5.60. The van der Waals surface area contributed by atoms with Crippen LogP contribution in [0.1, 0.15) is 33.1 Å². The Kier molecular flexibility index (Phi) is 4.22. The molecule has 1 heterocycles. The van der Waals surface area contributed by atoms with Gasteiger partial charge in [0.2, 0.25) is 0 Å². The molecular weight excluding hydrogens is 258 g/mol. The Morgan fingerprint density at radius 1 is 1.30 bits per heavy atom. The Bertz CT molecular complexity index is 397. The molecule has 0 bridgehead atoms. The summed E-state index contributed by atoms with van der Waals surface area (Å²) in [5, 5.41) is 12.2. The molecule has 2 amide bonds. The van der Waals surface area contributed by atoms with Crippen molar-refractivity contribution in [3.63, 3.8) is 0 Å². The van der Waals surface area contributed by atoms with E-state index in [1.165, 1.54) is 0 Å². The molecule has 2 atom stereocenters. The third-order valence-corrected chi connectivity index (χ3v) is 4.51. The Morgan fingerprint density at radius 3 is 2.50 bits per heavy atom. The number of likely N-dealkylation sites (N-methyl/N-ethyl adjacent to an activating group) is 1. The second-order valence-corrected chi connectivity index (χ2v) is 6.37. The lowest BCUT2D eigenvalue weighted by Crippen LogP contribution is -2.59. The van der Waals surface area contributed by atoms with Crippen molar-refractivity contribution in [1.29, 1.82) is 0 Å².